The standard InChI is InChI=1S/C25H24F2N8O2S/c1-15-5-7-18(8-6-15)38(36,37)35-9-3-4-17(14-35)30-24-29-13-21-23(33-24)34(2)25(31-21)32-22-19(26)10-16(12-28)11-20(22)27/h5-8,10-11,13,17H,3-4,9,14H2,1-2H3,(H,31,32)(H,29,30,33)/t17-/m1/s1. The topological polar surface area (TPSA) is 129 Å². The van der Waals surface area contributed by atoms with Gasteiger partial charge >= 0.3 is 0 Å². The van der Waals surface area contributed by atoms with Gasteiger partial charge < -0.3 is 10.6 Å². The summed E-state index contributed by atoms with van der Waals surface area (Å²) in [4.78, 5) is 13.4. The van der Waals surface area contributed by atoms with Gasteiger partial charge in [-0.25, -0.2) is 27.2 Å². The molecule has 1 atom stereocenters. The predicted octanol–water partition coefficient (Wildman–Crippen LogP) is 3.83. The molecule has 4 aromatic rings. The SMILES string of the molecule is Cc1ccc(S(=O)(=O)N2CCC[C@@H](Nc3ncc4nc(Nc5c(F)cc(C#N)cc5F)n(C)c4n3)C2)cc1. The summed E-state index contributed by atoms with van der Waals surface area (Å²) in [7, 11) is -2.00. The van der Waals surface area contributed by atoms with Crippen LogP contribution in [0.1, 0.15) is 24.0 Å². The summed E-state index contributed by atoms with van der Waals surface area (Å²) >= 11 is 0. The molecule has 13 heteroatoms. The highest BCUT2D eigenvalue weighted by Gasteiger charge is 2.30. The maximum absolute atomic E-state index is 14.4. The Kier molecular flexibility index (Phi) is 6.68. The van der Waals surface area contributed by atoms with Crippen LogP contribution in [-0.4, -0.2) is 51.4 Å². The highest BCUT2D eigenvalue weighted by molar-refractivity contribution is 7.89. The predicted molar refractivity (Wildman–Crippen MR) is 137 cm³/mol. The number of benzene rings is 2. The molecule has 0 aliphatic carbocycles. The molecule has 1 aliphatic rings. The van der Waals surface area contributed by atoms with Crippen LogP contribution < -0.4 is 10.6 Å². The monoisotopic (exact) mass is 538 g/mol. The number of aromatic nitrogens is 4. The fourth-order valence-corrected chi connectivity index (χ4v) is 5.88. The lowest BCUT2D eigenvalue weighted by Gasteiger charge is -2.32. The fourth-order valence-electron chi connectivity index (χ4n) is 4.35. The van der Waals surface area contributed by atoms with Gasteiger partial charge in [-0.15, -0.1) is 0 Å². The van der Waals surface area contributed by atoms with Gasteiger partial charge in [-0.3, -0.25) is 4.57 Å². The Balaban J connectivity index is 1.34. The Morgan fingerprint density at radius 1 is 1.13 bits per heavy atom. The first kappa shape index (κ1) is 25.5. The molecule has 0 amide bonds. The van der Waals surface area contributed by atoms with Crippen molar-refractivity contribution in [3.8, 4) is 6.07 Å². The van der Waals surface area contributed by atoms with Gasteiger partial charge in [0.2, 0.25) is 21.9 Å². The first-order chi connectivity index (χ1) is 18.2. The highest BCUT2D eigenvalue weighted by atomic mass is 32.2. The van der Waals surface area contributed by atoms with Crippen molar-refractivity contribution in [2.75, 3.05) is 23.7 Å². The molecule has 10 nitrogen and oxygen atoms in total. The third kappa shape index (κ3) is 4.88. The van der Waals surface area contributed by atoms with E-state index in [1.807, 2.05) is 6.92 Å². The summed E-state index contributed by atoms with van der Waals surface area (Å²) in [5, 5.41) is 14.7. The molecular formula is C25H24F2N8O2S. The molecule has 38 heavy (non-hydrogen) atoms. The summed E-state index contributed by atoms with van der Waals surface area (Å²) in [6.07, 6.45) is 2.88. The zero-order valence-electron chi connectivity index (χ0n) is 20.6. The Morgan fingerprint density at radius 2 is 1.84 bits per heavy atom. The number of rotatable bonds is 6. The number of nitrogens with one attached hydrogen (secondary N) is 2. The van der Waals surface area contributed by atoms with Crippen LogP contribution in [0.15, 0.2) is 47.5 Å². The lowest BCUT2D eigenvalue weighted by molar-refractivity contribution is 0.326. The van der Waals surface area contributed by atoms with Crippen molar-refractivity contribution in [3.63, 3.8) is 0 Å². The number of hydrogen-bond donors (Lipinski definition) is 2. The summed E-state index contributed by atoms with van der Waals surface area (Å²) in [6.45, 7) is 2.58. The van der Waals surface area contributed by atoms with Crippen LogP contribution >= 0.6 is 0 Å². The second-order valence-electron chi connectivity index (χ2n) is 9.11. The number of piperidine rings is 1. The quantitative estimate of drug-likeness (QED) is 0.379. The van der Waals surface area contributed by atoms with Gasteiger partial charge in [0.15, 0.2) is 17.3 Å². The van der Waals surface area contributed by atoms with E-state index in [4.69, 9.17) is 5.26 Å². The van der Waals surface area contributed by atoms with Crippen LogP contribution in [0.5, 0.6) is 0 Å². The minimum atomic E-state index is -3.63. The molecule has 1 saturated heterocycles. The largest absolute Gasteiger partial charge is 0.350 e. The minimum Gasteiger partial charge on any atom is -0.350 e. The molecule has 5 rings (SSSR count). The van der Waals surface area contributed by atoms with Gasteiger partial charge in [0.1, 0.15) is 11.2 Å². The van der Waals surface area contributed by atoms with E-state index in [1.165, 1.54) is 15.1 Å². The molecule has 0 unspecified atom stereocenters. The van der Waals surface area contributed by atoms with Gasteiger partial charge in [-0.2, -0.15) is 14.6 Å². The molecule has 2 N–H and O–H groups in total. The number of nitriles is 1. The lowest BCUT2D eigenvalue weighted by atomic mass is 10.1. The maximum atomic E-state index is 14.4. The van der Waals surface area contributed by atoms with Crippen LogP contribution in [0.2, 0.25) is 0 Å². The zero-order valence-corrected chi connectivity index (χ0v) is 21.4. The number of imidazole rings is 1. The molecule has 0 radical (unpaired) electrons. The van der Waals surface area contributed by atoms with Crippen LogP contribution in [0.3, 0.4) is 0 Å². The van der Waals surface area contributed by atoms with Gasteiger partial charge in [0.25, 0.3) is 0 Å². The van der Waals surface area contributed by atoms with Crippen LogP contribution in [0.25, 0.3) is 11.2 Å². The van der Waals surface area contributed by atoms with E-state index in [2.05, 4.69) is 25.6 Å². The molecule has 1 aliphatic heterocycles. The Morgan fingerprint density at radius 3 is 2.53 bits per heavy atom. The summed E-state index contributed by atoms with van der Waals surface area (Å²) < 4.78 is 58.0. The van der Waals surface area contributed by atoms with Crippen LogP contribution in [0.4, 0.5) is 26.4 Å². The van der Waals surface area contributed by atoms with Gasteiger partial charge in [-0.1, -0.05) is 17.7 Å². The number of nitrogens with zero attached hydrogens (tertiary/aromatic N) is 6. The van der Waals surface area contributed by atoms with Crippen LogP contribution in [-0.2, 0) is 17.1 Å². The van der Waals surface area contributed by atoms with E-state index in [9.17, 15) is 17.2 Å². The molecule has 2 aromatic heterocycles. The highest BCUT2D eigenvalue weighted by Crippen LogP contribution is 2.27. The number of hydrogen-bond acceptors (Lipinski definition) is 8. The fraction of sp³-hybridized carbons (Fsp3) is 0.280. The molecular weight excluding hydrogens is 514 g/mol. The summed E-state index contributed by atoms with van der Waals surface area (Å²) in [5.41, 5.74) is 1.20. The number of fused-ring (bicyclic) bond motifs is 1. The third-order valence-corrected chi connectivity index (χ3v) is 8.28. The average Bonchev–Trinajstić information content (AvgIpc) is 3.21. The second kappa shape index (κ2) is 9.96. The van der Waals surface area contributed by atoms with Gasteiger partial charge in [-0.05, 0) is 44.0 Å². The van der Waals surface area contributed by atoms with Crippen molar-refractivity contribution in [1.29, 1.82) is 5.26 Å². The number of aryl methyl sites for hydroxylation is 2. The molecule has 3 heterocycles. The Labute approximate surface area is 218 Å². The van der Waals surface area contributed by atoms with E-state index in [0.717, 1.165) is 24.1 Å². The molecule has 1 fully saturated rings. The Bertz CT molecular complexity index is 1640. The van der Waals surface area contributed by atoms with Gasteiger partial charge in [0.05, 0.1) is 22.7 Å². The lowest BCUT2D eigenvalue weighted by Crippen LogP contribution is -2.45. The van der Waals surface area contributed by atoms with Crippen molar-refractivity contribution < 1.29 is 17.2 Å². The van der Waals surface area contributed by atoms with E-state index >= 15 is 0 Å². The van der Waals surface area contributed by atoms with Crippen molar-refractivity contribution in [1.82, 2.24) is 23.8 Å². The molecule has 0 bridgehead atoms. The van der Waals surface area contributed by atoms with Crippen molar-refractivity contribution in [2.45, 2.75) is 30.7 Å². The Hall–Kier alpha value is -4.15. The molecule has 0 saturated carbocycles. The minimum absolute atomic E-state index is 0.127. The van der Waals surface area contributed by atoms with E-state index in [-0.39, 0.29) is 34.9 Å². The van der Waals surface area contributed by atoms with Crippen molar-refractivity contribution in [3.05, 3.63) is 65.4 Å². The van der Waals surface area contributed by atoms with Crippen LogP contribution in [0, 0.1) is 29.9 Å². The zero-order chi connectivity index (χ0) is 27.0. The van der Waals surface area contributed by atoms with E-state index in [0.29, 0.717) is 24.1 Å². The number of sulfonamides is 1. The third-order valence-electron chi connectivity index (χ3n) is 6.40. The van der Waals surface area contributed by atoms with Crippen molar-refractivity contribution >= 4 is 38.8 Å². The smallest absolute Gasteiger partial charge is 0.243 e. The molecule has 196 valence electrons. The van der Waals surface area contributed by atoms with E-state index in [1.54, 1.807) is 37.4 Å². The summed E-state index contributed by atoms with van der Waals surface area (Å²) in [5.74, 6) is -1.45. The van der Waals surface area contributed by atoms with Crippen molar-refractivity contribution in [2.24, 2.45) is 7.05 Å². The number of halogens is 2. The normalized spacial score (nSPS) is 16.3. The number of anilines is 3. The second-order valence-corrected chi connectivity index (χ2v) is 11.0. The first-order valence-corrected chi connectivity index (χ1v) is 13.3. The summed E-state index contributed by atoms with van der Waals surface area (Å²) in [6, 6.07) is 10.1. The van der Waals surface area contributed by atoms with Gasteiger partial charge in [0, 0.05) is 26.2 Å². The average molecular weight is 539 g/mol. The molecule has 0 spiro atoms. The molecule has 2 aromatic carbocycles. The van der Waals surface area contributed by atoms with E-state index < -0.39 is 27.3 Å². The maximum Gasteiger partial charge on any atom is 0.243 e. The first-order valence-electron chi connectivity index (χ1n) is 11.8.